The number of ether oxygens (including phenoxy) is 1. The highest BCUT2D eigenvalue weighted by atomic mass is 35.5. The number of nitrogens with zero attached hydrogens (tertiary/aromatic N) is 3. The van der Waals surface area contributed by atoms with Crippen molar-refractivity contribution < 1.29 is 14.3 Å². The molecule has 2 fully saturated rings. The molecule has 2 amide bonds. The molecule has 30 heavy (non-hydrogen) atoms. The molecule has 8 nitrogen and oxygen atoms in total. The minimum absolute atomic E-state index is 0.0371. The van der Waals surface area contributed by atoms with Gasteiger partial charge in [-0.2, -0.15) is 4.98 Å². The van der Waals surface area contributed by atoms with Crippen LogP contribution < -0.4 is 15.4 Å². The summed E-state index contributed by atoms with van der Waals surface area (Å²) >= 11 is 6.11. The number of halogens is 1. The van der Waals surface area contributed by atoms with Gasteiger partial charge in [0, 0.05) is 30.4 Å². The summed E-state index contributed by atoms with van der Waals surface area (Å²) in [6, 6.07) is 6.83. The first-order valence-corrected chi connectivity index (χ1v) is 10.2. The van der Waals surface area contributed by atoms with Gasteiger partial charge in [-0.05, 0) is 49.6 Å². The Labute approximate surface area is 179 Å². The number of nitrogens with one attached hydrogen (secondary N) is 2. The number of aromatic nitrogens is 2. The van der Waals surface area contributed by atoms with Crippen LogP contribution in [0.5, 0.6) is 5.88 Å². The Hall–Kier alpha value is -3.13. The third-order valence-corrected chi connectivity index (χ3v) is 5.17. The van der Waals surface area contributed by atoms with E-state index in [0.29, 0.717) is 41.2 Å². The van der Waals surface area contributed by atoms with Crippen LogP contribution in [0.4, 0.5) is 11.6 Å². The second-order valence-electron chi connectivity index (χ2n) is 7.32. The predicted octanol–water partition coefficient (Wildman–Crippen LogP) is 3.12. The number of hydrogen-bond donors (Lipinski definition) is 2. The molecular formula is C21H22ClN5O3. The van der Waals surface area contributed by atoms with E-state index >= 15 is 0 Å². The fourth-order valence-electron chi connectivity index (χ4n) is 3.16. The summed E-state index contributed by atoms with van der Waals surface area (Å²) in [5.74, 6) is 0.483. The van der Waals surface area contributed by atoms with E-state index in [-0.39, 0.29) is 24.0 Å². The van der Waals surface area contributed by atoms with Gasteiger partial charge in [0.1, 0.15) is 11.1 Å². The average molecular weight is 428 g/mol. The van der Waals surface area contributed by atoms with Crippen LogP contribution >= 0.6 is 11.6 Å². The van der Waals surface area contributed by atoms with Gasteiger partial charge >= 0.3 is 0 Å². The van der Waals surface area contributed by atoms with E-state index in [1.165, 1.54) is 12.3 Å². The van der Waals surface area contributed by atoms with Gasteiger partial charge in [-0.3, -0.25) is 9.59 Å². The molecule has 2 aliphatic rings. The van der Waals surface area contributed by atoms with Crippen LogP contribution in [0.1, 0.15) is 29.6 Å². The molecule has 0 unspecified atom stereocenters. The topological polar surface area (TPSA) is 96.5 Å². The molecule has 0 bridgehead atoms. The number of likely N-dealkylation sites (tertiary alicyclic amines) is 1. The monoisotopic (exact) mass is 427 g/mol. The van der Waals surface area contributed by atoms with Crippen molar-refractivity contribution in [2.24, 2.45) is 0 Å². The van der Waals surface area contributed by atoms with Crippen molar-refractivity contribution in [2.75, 3.05) is 23.7 Å². The van der Waals surface area contributed by atoms with Crippen LogP contribution in [-0.4, -0.2) is 51.9 Å². The van der Waals surface area contributed by atoms with Crippen LogP contribution in [0.25, 0.3) is 0 Å². The zero-order valence-corrected chi connectivity index (χ0v) is 17.1. The van der Waals surface area contributed by atoms with E-state index in [1.807, 2.05) is 0 Å². The van der Waals surface area contributed by atoms with E-state index in [9.17, 15) is 9.59 Å². The van der Waals surface area contributed by atoms with Gasteiger partial charge in [-0.1, -0.05) is 18.2 Å². The molecule has 2 N–H and O–H groups in total. The maximum Gasteiger partial charge on any atom is 0.253 e. The van der Waals surface area contributed by atoms with E-state index in [2.05, 4.69) is 27.2 Å². The van der Waals surface area contributed by atoms with Crippen molar-refractivity contribution in [3.8, 4) is 5.88 Å². The molecule has 4 rings (SSSR count). The lowest BCUT2D eigenvalue weighted by molar-refractivity contribution is -0.111. The van der Waals surface area contributed by atoms with Crippen LogP contribution in [0, 0.1) is 0 Å². The van der Waals surface area contributed by atoms with Crippen LogP contribution in [0.2, 0.25) is 5.02 Å². The first-order chi connectivity index (χ1) is 14.5. The highest BCUT2D eigenvalue weighted by Crippen LogP contribution is 2.30. The molecule has 1 aliphatic heterocycles. The second kappa shape index (κ2) is 8.71. The lowest BCUT2D eigenvalue weighted by atomic mass is 10.2. The molecule has 9 heteroatoms. The largest absolute Gasteiger partial charge is 0.473 e. The lowest BCUT2D eigenvalue weighted by Crippen LogP contribution is -2.31. The number of rotatable bonds is 7. The van der Waals surface area contributed by atoms with Crippen molar-refractivity contribution in [3.05, 3.63) is 53.7 Å². The Balaban J connectivity index is 1.34. The quantitative estimate of drug-likeness (QED) is 0.659. The molecule has 2 aromatic rings. The highest BCUT2D eigenvalue weighted by Gasteiger charge is 2.28. The molecule has 1 aromatic heterocycles. The first kappa shape index (κ1) is 20.2. The van der Waals surface area contributed by atoms with Gasteiger partial charge in [-0.25, -0.2) is 4.98 Å². The molecule has 1 aliphatic carbocycles. The van der Waals surface area contributed by atoms with Gasteiger partial charge in [0.05, 0.1) is 6.20 Å². The van der Waals surface area contributed by atoms with Crippen molar-refractivity contribution in [3.63, 3.8) is 0 Å². The molecular weight excluding hydrogens is 406 g/mol. The number of carbonyl (C=O) groups excluding carboxylic acids is 2. The second-order valence-corrected chi connectivity index (χ2v) is 7.72. The van der Waals surface area contributed by atoms with E-state index in [4.69, 9.17) is 16.3 Å². The molecule has 1 saturated carbocycles. The van der Waals surface area contributed by atoms with Crippen molar-refractivity contribution >= 4 is 35.1 Å². The van der Waals surface area contributed by atoms with Gasteiger partial charge in [0.25, 0.3) is 5.91 Å². The summed E-state index contributed by atoms with van der Waals surface area (Å²) in [6.07, 6.45) is 5.74. The van der Waals surface area contributed by atoms with E-state index in [0.717, 1.165) is 19.3 Å². The maximum atomic E-state index is 12.8. The summed E-state index contributed by atoms with van der Waals surface area (Å²) in [7, 11) is 0. The summed E-state index contributed by atoms with van der Waals surface area (Å²) in [5.41, 5.74) is 1.18. The zero-order valence-electron chi connectivity index (χ0n) is 16.3. The number of anilines is 2. The Bertz CT molecular complexity index is 962. The van der Waals surface area contributed by atoms with Gasteiger partial charge in [-0.15, -0.1) is 0 Å². The Morgan fingerprint density at radius 3 is 2.70 bits per heavy atom. The molecule has 1 saturated heterocycles. The summed E-state index contributed by atoms with van der Waals surface area (Å²) in [5, 5.41) is 6.32. The van der Waals surface area contributed by atoms with Crippen molar-refractivity contribution in [1.29, 1.82) is 0 Å². The molecule has 2 heterocycles. The molecule has 156 valence electrons. The minimum atomic E-state index is -0.294. The molecule has 1 aromatic carbocycles. The average Bonchev–Trinajstić information content (AvgIpc) is 3.45. The lowest BCUT2D eigenvalue weighted by Gasteiger charge is -2.17. The first-order valence-electron chi connectivity index (χ1n) is 9.80. The minimum Gasteiger partial charge on any atom is -0.473 e. The highest BCUT2D eigenvalue weighted by molar-refractivity contribution is 6.31. The summed E-state index contributed by atoms with van der Waals surface area (Å²) in [6.45, 7) is 4.58. The zero-order chi connectivity index (χ0) is 21.1. The Morgan fingerprint density at radius 2 is 2.00 bits per heavy atom. The van der Waals surface area contributed by atoms with Gasteiger partial charge in [0.2, 0.25) is 17.7 Å². The fraction of sp³-hybridized carbons (Fsp3) is 0.333. The van der Waals surface area contributed by atoms with E-state index in [1.54, 1.807) is 29.2 Å². The fourth-order valence-corrected chi connectivity index (χ4v) is 3.30. The van der Waals surface area contributed by atoms with Crippen LogP contribution in [0.15, 0.2) is 43.1 Å². The number of benzene rings is 1. The van der Waals surface area contributed by atoms with Crippen LogP contribution in [0.3, 0.4) is 0 Å². The summed E-state index contributed by atoms with van der Waals surface area (Å²) in [4.78, 5) is 34.5. The maximum absolute atomic E-state index is 12.8. The van der Waals surface area contributed by atoms with Crippen LogP contribution in [-0.2, 0) is 4.79 Å². The number of amides is 2. The van der Waals surface area contributed by atoms with Crippen molar-refractivity contribution in [1.82, 2.24) is 14.9 Å². The normalized spacial score (nSPS) is 18.0. The third-order valence-electron chi connectivity index (χ3n) is 4.91. The SMILES string of the molecule is C=CC(=O)Nc1ccc(C(=O)N2CC[C@H](Nc3ncc(Cl)c(OC4CC4)n3)C2)cc1. The van der Waals surface area contributed by atoms with Gasteiger partial charge in [0.15, 0.2) is 0 Å². The number of carbonyl (C=O) groups is 2. The Morgan fingerprint density at radius 1 is 1.23 bits per heavy atom. The third kappa shape index (κ3) is 4.88. The standard InChI is InChI=1S/C21H22ClN5O3/c1-2-18(28)24-14-5-3-13(4-6-14)20(29)27-10-9-15(12-27)25-21-23-11-17(22)19(26-21)30-16-7-8-16/h2-6,11,15-16H,1,7-10,12H2,(H,24,28)(H,23,25,26)/t15-/m0/s1. The molecule has 0 spiro atoms. The Kier molecular flexibility index (Phi) is 5.85. The van der Waals surface area contributed by atoms with E-state index < -0.39 is 0 Å². The number of hydrogen-bond acceptors (Lipinski definition) is 6. The van der Waals surface area contributed by atoms with Crippen molar-refractivity contribution in [2.45, 2.75) is 31.4 Å². The smallest absolute Gasteiger partial charge is 0.253 e. The predicted molar refractivity (Wildman–Crippen MR) is 114 cm³/mol. The van der Waals surface area contributed by atoms with Gasteiger partial charge < -0.3 is 20.3 Å². The molecule has 1 atom stereocenters. The molecule has 0 radical (unpaired) electrons. The summed E-state index contributed by atoms with van der Waals surface area (Å²) < 4.78 is 5.70.